The molecule has 1 heterocycles. The number of hydrogen-bond acceptors (Lipinski definition) is 1. The highest BCUT2D eigenvalue weighted by molar-refractivity contribution is 4.88. The van der Waals surface area contributed by atoms with Crippen LogP contribution in [0.15, 0.2) is 12.2 Å². The molecule has 0 atom stereocenters. The van der Waals surface area contributed by atoms with Crippen molar-refractivity contribution in [1.82, 2.24) is 5.31 Å². The molecule has 1 heteroatoms. The predicted octanol–water partition coefficient (Wildman–Crippen LogP) is 0.536. The Bertz CT molecular complexity index is 80.1. The van der Waals surface area contributed by atoms with E-state index in [1.54, 1.807) is 5.31 Å². The molecule has 0 saturated carbocycles. The molecule has 1 rings (SSSR count). The largest absolute Gasteiger partial charge is 0.313 e. The molecule has 6 heavy (non-hydrogen) atoms. The van der Waals surface area contributed by atoms with Gasteiger partial charge in [0, 0.05) is 6.54 Å². The van der Waals surface area contributed by atoms with Gasteiger partial charge in [-0.2, -0.15) is 0 Å². The minimum Gasteiger partial charge on any atom is -0.313 e. The van der Waals surface area contributed by atoms with Gasteiger partial charge >= 0.3 is 0 Å². The molecule has 0 aromatic heterocycles. The van der Waals surface area contributed by atoms with E-state index in [0.717, 1.165) is 19.5 Å². The highest BCUT2D eigenvalue weighted by Crippen LogP contribution is 1.84. The molecule has 0 saturated heterocycles. The lowest BCUT2D eigenvalue weighted by molar-refractivity contribution is 0.728. The van der Waals surface area contributed by atoms with E-state index in [9.17, 15) is 0 Å². The maximum Gasteiger partial charge on any atom is 0.123 e. The van der Waals surface area contributed by atoms with Gasteiger partial charge in [-0.25, -0.2) is 0 Å². The Morgan fingerprint density at radius 2 is 2.67 bits per heavy atom. The highest BCUT2D eigenvalue weighted by atomic mass is 14.8. The quantitative estimate of drug-likeness (QED) is 0.422. The first-order valence-corrected chi connectivity index (χ1v) is 2.28. The molecule has 0 amide bonds. The van der Waals surface area contributed by atoms with Crippen molar-refractivity contribution >= 4 is 0 Å². The number of rotatable bonds is 0. The molecular formula is C5H9N. The lowest BCUT2D eigenvalue weighted by Gasteiger charge is -2.01. The molecule has 1 nitrogen and oxygen atoms in total. The van der Waals surface area contributed by atoms with Crippen LogP contribution in [0, 0.1) is 0 Å². The highest BCUT2D eigenvalue weighted by Gasteiger charge is 1.84. The first-order chi connectivity index (χ1) is 3.39. The minimum absolute atomic E-state index is 0.806. The fourth-order valence-corrected chi connectivity index (χ4v) is 0.524. The standard InChI is InChI=1S/C5H9N/c1-2-4-6-5-3-1/h1-2,6H,3-5H2/i/hD. The SMILES string of the molecule is [2H]N1CC=CCC1. The maximum atomic E-state index is 7.05. The molecule has 0 aromatic carbocycles. The molecule has 1 aliphatic heterocycles. The molecule has 1 aliphatic rings. The normalized spacial score (nSPS) is 27.0. The van der Waals surface area contributed by atoms with Gasteiger partial charge in [-0.3, -0.25) is 0 Å². The average Bonchev–Trinajstić information content (AvgIpc) is 1.69. The van der Waals surface area contributed by atoms with Gasteiger partial charge in [0.25, 0.3) is 0 Å². The van der Waals surface area contributed by atoms with Crippen molar-refractivity contribution in [3.05, 3.63) is 12.2 Å². The zero-order chi connectivity index (χ0) is 5.11. The molecule has 34 valence electrons. The Morgan fingerprint density at radius 3 is 3.00 bits per heavy atom. The van der Waals surface area contributed by atoms with Gasteiger partial charge in [-0.05, 0) is 13.0 Å². The molecule has 0 radical (unpaired) electrons. The van der Waals surface area contributed by atoms with Gasteiger partial charge in [0.15, 0.2) is 0 Å². The summed E-state index contributed by atoms with van der Waals surface area (Å²) in [6, 6.07) is 0. The lowest BCUT2D eigenvalue weighted by atomic mass is 10.3. The Kier molecular flexibility index (Phi) is 0.926. The maximum absolute atomic E-state index is 7.05. The molecule has 0 aromatic rings. The van der Waals surface area contributed by atoms with Crippen LogP contribution < -0.4 is 5.31 Å². The van der Waals surface area contributed by atoms with Gasteiger partial charge < -0.3 is 5.31 Å². The van der Waals surface area contributed by atoms with Crippen LogP contribution in [0.1, 0.15) is 6.42 Å². The molecular weight excluding hydrogens is 74.1 g/mol. The van der Waals surface area contributed by atoms with E-state index in [2.05, 4.69) is 6.08 Å². The third kappa shape index (κ3) is 0.830. The van der Waals surface area contributed by atoms with Crippen LogP contribution in [0.2, 0.25) is 1.41 Å². The number of hydrogen-bond donors (Lipinski definition) is 1. The molecule has 0 aliphatic carbocycles. The zero-order valence-electron chi connectivity index (χ0n) is 4.72. The van der Waals surface area contributed by atoms with Gasteiger partial charge in [0.2, 0.25) is 0 Å². The molecule has 0 fully saturated rings. The summed E-state index contributed by atoms with van der Waals surface area (Å²) < 4.78 is 7.05. The van der Waals surface area contributed by atoms with E-state index in [1.165, 1.54) is 0 Å². The van der Waals surface area contributed by atoms with Crippen LogP contribution in [0.25, 0.3) is 0 Å². The topological polar surface area (TPSA) is 12.0 Å². The van der Waals surface area contributed by atoms with Crippen molar-refractivity contribution in [1.29, 1.82) is 0 Å². The first-order valence-electron chi connectivity index (χ1n) is 2.73. The fraction of sp³-hybridized carbons (Fsp3) is 0.600. The summed E-state index contributed by atoms with van der Waals surface area (Å²) in [6.45, 7) is 1.70. The van der Waals surface area contributed by atoms with Crippen LogP contribution >= 0.6 is 0 Å². The molecule has 0 spiro atoms. The summed E-state index contributed by atoms with van der Waals surface area (Å²) in [7, 11) is 0. The predicted molar refractivity (Wildman–Crippen MR) is 26.6 cm³/mol. The van der Waals surface area contributed by atoms with E-state index >= 15 is 0 Å². The summed E-state index contributed by atoms with van der Waals surface area (Å²) in [4.78, 5) is 0. The van der Waals surface area contributed by atoms with E-state index < -0.39 is 0 Å². The van der Waals surface area contributed by atoms with Crippen molar-refractivity contribution in [2.45, 2.75) is 6.42 Å². The second-order valence-corrected chi connectivity index (χ2v) is 1.39. The van der Waals surface area contributed by atoms with Crippen molar-refractivity contribution in [3.63, 3.8) is 0 Å². The van der Waals surface area contributed by atoms with Gasteiger partial charge in [0.1, 0.15) is 1.41 Å². The molecule has 1 N–H and O–H groups in total. The van der Waals surface area contributed by atoms with Crippen LogP contribution in [0.4, 0.5) is 0 Å². The lowest BCUT2D eigenvalue weighted by Crippen LogP contribution is -2.17. The Labute approximate surface area is 39.5 Å². The Morgan fingerprint density at radius 1 is 1.67 bits per heavy atom. The zero-order valence-corrected chi connectivity index (χ0v) is 3.72. The van der Waals surface area contributed by atoms with Crippen molar-refractivity contribution in [3.8, 4) is 0 Å². The Balaban J connectivity index is 2.32. The van der Waals surface area contributed by atoms with E-state index in [1.807, 2.05) is 6.08 Å². The summed E-state index contributed by atoms with van der Waals surface area (Å²) in [5.41, 5.74) is 0. The van der Waals surface area contributed by atoms with Crippen molar-refractivity contribution in [2.24, 2.45) is 0 Å². The summed E-state index contributed by atoms with van der Waals surface area (Å²) >= 11 is 0. The molecule has 0 bridgehead atoms. The third-order valence-corrected chi connectivity index (χ3v) is 0.855. The van der Waals surface area contributed by atoms with Gasteiger partial charge in [-0.15, -0.1) is 0 Å². The van der Waals surface area contributed by atoms with Gasteiger partial charge in [0.05, 0.1) is 0 Å². The second-order valence-electron chi connectivity index (χ2n) is 1.39. The number of nitrogens with one attached hydrogen (secondary N) is 1. The summed E-state index contributed by atoms with van der Waals surface area (Å²) in [5, 5.41) is 1.56. The minimum atomic E-state index is 0.806. The van der Waals surface area contributed by atoms with Crippen LogP contribution in [0.5, 0.6) is 0 Å². The first kappa shape index (κ1) is 2.80. The third-order valence-electron chi connectivity index (χ3n) is 0.855. The molecule has 0 unspecified atom stereocenters. The van der Waals surface area contributed by atoms with Crippen LogP contribution in [0.3, 0.4) is 0 Å². The smallest absolute Gasteiger partial charge is 0.123 e. The van der Waals surface area contributed by atoms with Gasteiger partial charge in [-0.1, -0.05) is 12.2 Å². The van der Waals surface area contributed by atoms with E-state index in [0.29, 0.717) is 0 Å². The summed E-state index contributed by atoms with van der Waals surface area (Å²) in [6.07, 6.45) is 5.19. The Hall–Kier alpha value is -0.300. The van der Waals surface area contributed by atoms with E-state index in [-0.39, 0.29) is 0 Å². The monoisotopic (exact) mass is 84.1 g/mol. The second kappa shape index (κ2) is 1.98. The van der Waals surface area contributed by atoms with Crippen molar-refractivity contribution < 1.29 is 1.41 Å². The average molecular weight is 84.1 g/mol. The fourth-order valence-electron chi connectivity index (χ4n) is 0.524. The van der Waals surface area contributed by atoms with E-state index in [4.69, 9.17) is 1.41 Å². The summed E-state index contributed by atoms with van der Waals surface area (Å²) in [5.74, 6) is 0. The van der Waals surface area contributed by atoms with Crippen LogP contribution in [-0.4, -0.2) is 13.1 Å². The van der Waals surface area contributed by atoms with Crippen molar-refractivity contribution in [2.75, 3.05) is 13.1 Å². The van der Waals surface area contributed by atoms with Crippen LogP contribution in [-0.2, 0) is 0 Å².